The number of rotatable bonds is 1. The molecule has 2 aromatic heterocycles. The average molecular weight is 307 g/mol. The van der Waals surface area contributed by atoms with Crippen molar-refractivity contribution in [3.05, 3.63) is 70.4 Å². The molecule has 0 unspecified atom stereocenters. The number of halogens is 1. The van der Waals surface area contributed by atoms with Gasteiger partial charge in [-0.05, 0) is 37.3 Å². The summed E-state index contributed by atoms with van der Waals surface area (Å²) < 4.78 is 16.3. The summed E-state index contributed by atoms with van der Waals surface area (Å²) in [6.45, 7) is 1.88. The predicted octanol–water partition coefficient (Wildman–Crippen LogP) is 3.32. The third-order valence-electron chi connectivity index (χ3n) is 4.18. The van der Waals surface area contributed by atoms with Gasteiger partial charge in [-0.1, -0.05) is 18.2 Å². The molecule has 5 heteroatoms. The largest absolute Gasteiger partial charge is 0.339 e. The molecule has 4 nitrogen and oxygen atoms in total. The van der Waals surface area contributed by atoms with Crippen molar-refractivity contribution in [2.45, 2.75) is 6.92 Å². The number of aryl methyl sites for hydroxylation is 2. The van der Waals surface area contributed by atoms with Gasteiger partial charge in [0.05, 0.1) is 11.4 Å². The van der Waals surface area contributed by atoms with Crippen molar-refractivity contribution in [1.29, 1.82) is 0 Å². The molecule has 0 saturated carbocycles. The quantitative estimate of drug-likeness (QED) is 0.541. The van der Waals surface area contributed by atoms with E-state index >= 15 is 0 Å². The van der Waals surface area contributed by atoms with Gasteiger partial charge in [-0.25, -0.2) is 4.39 Å². The zero-order chi connectivity index (χ0) is 16.1. The lowest BCUT2D eigenvalue weighted by atomic mass is 10.1. The predicted molar refractivity (Wildman–Crippen MR) is 88.5 cm³/mol. The minimum Gasteiger partial charge on any atom is -0.339 e. The van der Waals surface area contributed by atoms with Crippen molar-refractivity contribution >= 4 is 21.8 Å². The zero-order valence-corrected chi connectivity index (χ0v) is 12.7. The minimum atomic E-state index is -0.343. The van der Waals surface area contributed by atoms with E-state index in [2.05, 4.69) is 5.10 Å². The van der Waals surface area contributed by atoms with Gasteiger partial charge in [0.1, 0.15) is 11.3 Å². The lowest BCUT2D eigenvalue weighted by Gasteiger charge is -2.07. The van der Waals surface area contributed by atoms with E-state index in [1.165, 1.54) is 16.8 Å². The van der Waals surface area contributed by atoms with Gasteiger partial charge in [0.15, 0.2) is 0 Å². The molecule has 0 aliphatic carbocycles. The Morgan fingerprint density at radius 2 is 1.74 bits per heavy atom. The van der Waals surface area contributed by atoms with Crippen LogP contribution in [-0.2, 0) is 7.05 Å². The number of benzene rings is 2. The molecule has 0 N–H and O–H groups in total. The molecule has 0 aliphatic rings. The first kappa shape index (κ1) is 13.7. The molecule has 0 saturated heterocycles. The minimum absolute atomic E-state index is 0.212. The first-order valence-corrected chi connectivity index (χ1v) is 7.31. The molecule has 0 atom stereocenters. The van der Waals surface area contributed by atoms with Crippen LogP contribution in [0, 0.1) is 12.7 Å². The second kappa shape index (κ2) is 4.78. The molecular formula is C18H14FN3O. The van der Waals surface area contributed by atoms with Crippen LogP contribution >= 0.6 is 0 Å². The van der Waals surface area contributed by atoms with Crippen LogP contribution in [0.25, 0.3) is 27.5 Å². The molecule has 0 aliphatic heterocycles. The number of nitrogens with zero attached hydrogens (tertiary/aromatic N) is 3. The molecule has 0 amide bonds. The molecular weight excluding hydrogens is 293 g/mol. The molecule has 2 aromatic carbocycles. The molecule has 2 heterocycles. The van der Waals surface area contributed by atoms with Gasteiger partial charge in [-0.3, -0.25) is 4.79 Å². The SMILES string of the molecule is Cc1nn(-c2ccc(F)cc2)c(=O)c2c1c1ccccc1n2C. The van der Waals surface area contributed by atoms with Crippen molar-refractivity contribution in [3.8, 4) is 5.69 Å². The smallest absolute Gasteiger partial charge is 0.296 e. The Morgan fingerprint density at radius 1 is 1.04 bits per heavy atom. The fourth-order valence-electron chi connectivity index (χ4n) is 3.11. The van der Waals surface area contributed by atoms with E-state index in [0.717, 1.165) is 22.0 Å². The van der Waals surface area contributed by atoms with Crippen molar-refractivity contribution in [3.63, 3.8) is 0 Å². The number of hydrogen-bond acceptors (Lipinski definition) is 2. The molecule has 0 radical (unpaired) electrons. The van der Waals surface area contributed by atoms with E-state index in [0.29, 0.717) is 11.2 Å². The van der Waals surface area contributed by atoms with Gasteiger partial charge >= 0.3 is 0 Å². The summed E-state index contributed by atoms with van der Waals surface area (Å²) in [7, 11) is 1.88. The monoisotopic (exact) mass is 307 g/mol. The normalized spacial score (nSPS) is 11.4. The second-order valence-electron chi connectivity index (χ2n) is 5.58. The first-order valence-electron chi connectivity index (χ1n) is 7.31. The Balaban J connectivity index is 2.16. The van der Waals surface area contributed by atoms with Gasteiger partial charge in [0.2, 0.25) is 0 Å². The number of para-hydroxylation sites is 1. The number of fused-ring (bicyclic) bond motifs is 3. The molecule has 114 valence electrons. The van der Waals surface area contributed by atoms with Gasteiger partial charge in [-0.2, -0.15) is 9.78 Å². The Hall–Kier alpha value is -2.95. The van der Waals surface area contributed by atoms with E-state index in [4.69, 9.17) is 0 Å². The van der Waals surface area contributed by atoms with E-state index < -0.39 is 0 Å². The lowest BCUT2D eigenvalue weighted by Crippen LogP contribution is -2.23. The molecule has 23 heavy (non-hydrogen) atoms. The summed E-state index contributed by atoms with van der Waals surface area (Å²) in [5, 5.41) is 6.31. The summed E-state index contributed by atoms with van der Waals surface area (Å²) in [5.41, 5.74) is 2.69. The molecule has 4 aromatic rings. The van der Waals surface area contributed by atoms with E-state index in [9.17, 15) is 9.18 Å². The van der Waals surface area contributed by atoms with Crippen LogP contribution in [0.5, 0.6) is 0 Å². The fourth-order valence-corrected chi connectivity index (χ4v) is 3.11. The molecule has 0 spiro atoms. The van der Waals surface area contributed by atoms with Gasteiger partial charge in [-0.15, -0.1) is 0 Å². The third kappa shape index (κ3) is 1.90. The topological polar surface area (TPSA) is 39.8 Å². The van der Waals surface area contributed by atoms with Crippen molar-refractivity contribution in [1.82, 2.24) is 14.3 Å². The summed E-state index contributed by atoms with van der Waals surface area (Å²) >= 11 is 0. The Kier molecular flexibility index (Phi) is 2.84. The maximum atomic E-state index is 13.1. The van der Waals surface area contributed by atoms with Crippen LogP contribution in [0.3, 0.4) is 0 Å². The molecule has 4 rings (SSSR count). The van der Waals surface area contributed by atoms with Gasteiger partial charge in [0.25, 0.3) is 5.56 Å². The van der Waals surface area contributed by atoms with Gasteiger partial charge in [0, 0.05) is 23.3 Å². The van der Waals surface area contributed by atoms with Crippen molar-refractivity contribution in [2.75, 3.05) is 0 Å². The highest BCUT2D eigenvalue weighted by atomic mass is 19.1. The Morgan fingerprint density at radius 3 is 2.48 bits per heavy atom. The van der Waals surface area contributed by atoms with Crippen LogP contribution in [0.2, 0.25) is 0 Å². The first-order chi connectivity index (χ1) is 11.1. The van der Waals surface area contributed by atoms with Crippen LogP contribution in [0.15, 0.2) is 53.3 Å². The van der Waals surface area contributed by atoms with E-state index in [-0.39, 0.29) is 11.4 Å². The average Bonchev–Trinajstić information content (AvgIpc) is 2.86. The standard InChI is InChI=1S/C18H14FN3O/c1-11-16-14-5-3-4-6-15(14)21(2)17(16)18(23)22(20-11)13-9-7-12(19)8-10-13/h3-10H,1-2H3. The Bertz CT molecular complexity index is 1110. The molecule has 0 bridgehead atoms. The van der Waals surface area contributed by atoms with Crippen LogP contribution < -0.4 is 5.56 Å². The molecule has 0 fully saturated rings. The highest BCUT2D eigenvalue weighted by molar-refractivity contribution is 6.08. The Labute approximate surface area is 131 Å². The summed E-state index contributed by atoms with van der Waals surface area (Å²) in [5.74, 6) is -0.343. The van der Waals surface area contributed by atoms with Crippen molar-refractivity contribution < 1.29 is 4.39 Å². The lowest BCUT2D eigenvalue weighted by molar-refractivity contribution is 0.626. The van der Waals surface area contributed by atoms with E-state index in [1.807, 2.05) is 42.8 Å². The van der Waals surface area contributed by atoms with Crippen LogP contribution in [0.1, 0.15) is 5.69 Å². The maximum absolute atomic E-state index is 13.1. The van der Waals surface area contributed by atoms with E-state index in [1.54, 1.807) is 12.1 Å². The zero-order valence-electron chi connectivity index (χ0n) is 12.7. The second-order valence-corrected chi connectivity index (χ2v) is 5.58. The fraction of sp³-hybridized carbons (Fsp3) is 0.111. The highest BCUT2D eigenvalue weighted by Gasteiger charge is 2.17. The highest BCUT2D eigenvalue weighted by Crippen LogP contribution is 2.27. The van der Waals surface area contributed by atoms with Crippen molar-refractivity contribution in [2.24, 2.45) is 7.05 Å². The third-order valence-corrected chi connectivity index (χ3v) is 4.18. The van der Waals surface area contributed by atoms with Crippen LogP contribution in [0.4, 0.5) is 4.39 Å². The summed E-state index contributed by atoms with van der Waals surface area (Å²) in [6, 6.07) is 13.6. The maximum Gasteiger partial charge on any atom is 0.296 e. The summed E-state index contributed by atoms with van der Waals surface area (Å²) in [4.78, 5) is 12.9. The van der Waals surface area contributed by atoms with Gasteiger partial charge < -0.3 is 4.57 Å². The number of hydrogen-bond donors (Lipinski definition) is 0. The number of aromatic nitrogens is 3. The summed E-state index contributed by atoms with van der Waals surface area (Å²) in [6.07, 6.45) is 0. The van der Waals surface area contributed by atoms with Crippen LogP contribution in [-0.4, -0.2) is 14.3 Å².